The highest BCUT2D eigenvalue weighted by molar-refractivity contribution is 5.11. The van der Waals surface area contributed by atoms with E-state index in [1.165, 1.54) is 32.1 Å². The molecular weight excluding hydrogens is 174 g/mol. The summed E-state index contributed by atoms with van der Waals surface area (Å²) < 4.78 is 0. The van der Waals surface area contributed by atoms with Crippen LogP contribution < -0.4 is 0 Å². The van der Waals surface area contributed by atoms with Gasteiger partial charge in [-0.1, -0.05) is 25.7 Å². The summed E-state index contributed by atoms with van der Waals surface area (Å²) in [5.41, 5.74) is 1.03. The SMILES string of the molecule is OC(CCC1CCCC1)c1cc[nH]c1. The van der Waals surface area contributed by atoms with Crippen LogP contribution in [0.25, 0.3) is 0 Å². The lowest BCUT2D eigenvalue weighted by Crippen LogP contribution is -2.00. The number of aliphatic hydroxyl groups excluding tert-OH is 1. The molecule has 78 valence electrons. The molecular formula is C12H19NO. The second-order valence-electron chi connectivity index (χ2n) is 4.39. The first-order valence-electron chi connectivity index (χ1n) is 5.67. The van der Waals surface area contributed by atoms with E-state index in [9.17, 15) is 5.11 Å². The molecule has 2 nitrogen and oxygen atoms in total. The molecule has 1 aliphatic carbocycles. The summed E-state index contributed by atoms with van der Waals surface area (Å²) in [5.74, 6) is 0.878. The van der Waals surface area contributed by atoms with Crippen LogP contribution in [0.4, 0.5) is 0 Å². The number of aromatic nitrogens is 1. The standard InChI is InChI=1S/C12H19NO/c14-12(11-7-8-13-9-11)6-5-10-3-1-2-4-10/h7-10,12-14H,1-6H2. The zero-order valence-electron chi connectivity index (χ0n) is 8.58. The Morgan fingerprint density at radius 1 is 1.43 bits per heavy atom. The molecule has 1 fully saturated rings. The van der Waals surface area contributed by atoms with E-state index in [0.717, 1.165) is 17.9 Å². The maximum atomic E-state index is 9.85. The zero-order valence-corrected chi connectivity index (χ0v) is 8.58. The van der Waals surface area contributed by atoms with Gasteiger partial charge in [-0.2, -0.15) is 0 Å². The smallest absolute Gasteiger partial charge is 0.0804 e. The summed E-state index contributed by atoms with van der Waals surface area (Å²) >= 11 is 0. The average Bonchev–Trinajstić information content (AvgIpc) is 2.87. The highest BCUT2D eigenvalue weighted by atomic mass is 16.3. The fourth-order valence-electron chi connectivity index (χ4n) is 2.40. The number of H-pyrrole nitrogens is 1. The average molecular weight is 193 g/mol. The van der Waals surface area contributed by atoms with Crippen LogP contribution in [0.1, 0.15) is 50.2 Å². The fraction of sp³-hybridized carbons (Fsp3) is 0.667. The van der Waals surface area contributed by atoms with Crippen LogP contribution in [0, 0.1) is 5.92 Å². The highest BCUT2D eigenvalue weighted by Crippen LogP contribution is 2.31. The molecule has 0 spiro atoms. The fourth-order valence-corrected chi connectivity index (χ4v) is 2.40. The minimum absolute atomic E-state index is 0.262. The van der Waals surface area contributed by atoms with E-state index in [4.69, 9.17) is 0 Å². The van der Waals surface area contributed by atoms with Crippen molar-refractivity contribution in [3.8, 4) is 0 Å². The van der Waals surface area contributed by atoms with E-state index in [-0.39, 0.29) is 6.10 Å². The van der Waals surface area contributed by atoms with E-state index >= 15 is 0 Å². The molecule has 2 rings (SSSR count). The van der Waals surface area contributed by atoms with Gasteiger partial charge in [0.15, 0.2) is 0 Å². The number of hydrogen-bond donors (Lipinski definition) is 2. The lowest BCUT2D eigenvalue weighted by molar-refractivity contribution is 0.157. The summed E-state index contributed by atoms with van der Waals surface area (Å²) in [7, 11) is 0. The van der Waals surface area contributed by atoms with E-state index in [1.807, 2.05) is 18.5 Å². The molecule has 0 radical (unpaired) electrons. The molecule has 2 N–H and O–H groups in total. The van der Waals surface area contributed by atoms with Gasteiger partial charge in [0.1, 0.15) is 0 Å². The molecule has 1 aliphatic rings. The molecule has 0 aliphatic heterocycles. The Bertz CT molecular complexity index is 249. The second-order valence-corrected chi connectivity index (χ2v) is 4.39. The maximum Gasteiger partial charge on any atom is 0.0804 e. The van der Waals surface area contributed by atoms with Crippen LogP contribution in [0.2, 0.25) is 0 Å². The molecule has 0 amide bonds. The van der Waals surface area contributed by atoms with Gasteiger partial charge in [0, 0.05) is 12.4 Å². The first-order valence-corrected chi connectivity index (χ1v) is 5.67. The van der Waals surface area contributed by atoms with Crippen molar-refractivity contribution in [1.29, 1.82) is 0 Å². The molecule has 1 saturated carbocycles. The number of hydrogen-bond acceptors (Lipinski definition) is 1. The van der Waals surface area contributed by atoms with Crippen molar-refractivity contribution in [3.63, 3.8) is 0 Å². The van der Waals surface area contributed by atoms with Gasteiger partial charge in [-0.15, -0.1) is 0 Å². The van der Waals surface area contributed by atoms with Gasteiger partial charge in [0.25, 0.3) is 0 Å². The summed E-state index contributed by atoms with van der Waals surface area (Å²) in [6, 6.07) is 1.96. The molecule has 0 saturated heterocycles. The van der Waals surface area contributed by atoms with E-state index in [2.05, 4.69) is 4.98 Å². The van der Waals surface area contributed by atoms with Crippen molar-refractivity contribution in [2.45, 2.75) is 44.6 Å². The van der Waals surface area contributed by atoms with Crippen molar-refractivity contribution in [2.24, 2.45) is 5.92 Å². The number of aliphatic hydroxyl groups is 1. The van der Waals surface area contributed by atoms with Crippen molar-refractivity contribution < 1.29 is 5.11 Å². The third-order valence-electron chi connectivity index (χ3n) is 3.33. The topological polar surface area (TPSA) is 36.0 Å². The Balaban J connectivity index is 1.74. The largest absolute Gasteiger partial charge is 0.388 e. The lowest BCUT2D eigenvalue weighted by atomic mass is 9.98. The van der Waals surface area contributed by atoms with Crippen molar-refractivity contribution >= 4 is 0 Å². The molecule has 14 heavy (non-hydrogen) atoms. The summed E-state index contributed by atoms with van der Waals surface area (Å²) in [6.07, 6.45) is 11.1. The Morgan fingerprint density at radius 2 is 2.21 bits per heavy atom. The van der Waals surface area contributed by atoms with Crippen molar-refractivity contribution in [3.05, 3.63) is 24.0 Å². The Kier molecular flexibility index (Phi) is 3.25. The Morgan fingerprint density at radius 3 is 2.86 bits per heavy atom. The van der Waals surface area contributed by atoms with Crippen LogP contribution in [-0.2, 0) is 0 Å². The van der Waals surface area contributed by atoms with Crippen molar-refractivity contribution in [2.75, 3.05) is 0 Å². The molecule has 1 aromatic heterocycles. The van der Waals surface area contributed by atoms with Gasteiger partial charge in [-0.3, -0.25) is 0 Å². The maximum absolute atomic E-state index is 9.85. The lowest BCUT2D eigenvalue weighted by Gasteiger charge is -2.12. The summed E-state index contributed by atoms with van der Waals surface area (Å²) in [6.45, 7) is 0. The van der Waals surface area contributed by atoms with Crippen LogP contribution in [-0.4, -0.2) is 10.1 Å². The van der Waals surface area contributed by atoms with Gasteiger partial charge in [0.05, 0.1) is 6.10 Å². The Labute approximate surface area is 85.3 Å². The molecule has 1 atom stereocenters. The number of aromatic amines is 1. The molecule has 1 unspecified atom stereocenters. The van der Waals surface area contributed by atoms with E-state index in [0.29, 0.717) is 0 Å². The van der Waals surface area contributed by atoms with Crippen LogP contribution in [0.15, 0.2) is 18.5 Å². The first kappa shape index (κ1) is 9.78. The molecule has 2 heteroatoms. The normalized spacial score (nSPS) is 20.1. The van der Waals surface area contributed by atoms with Crippen molar-refractivity contribution in [1.82, 2.24) is 4.98 Å². The van der Waals surface area contributed by atoms with Crippen LogP contribution in [0.5, 0.6) is 0 Å². The first-order chi connectivity index (χ1) is 6.86. The second kappa shape index (κ2) is 4.65. The predicted octanol–water partition coefficient (Wildman–Crippen LogP) is 3.02. The number of nitrogens with one attached hydrogen (secondary N) is 1. The van der Waals surface area contributed by atoms with E-state index < -0.39 is 0 Å². The van der Waals surface area contributed by atoms with E-state index in [1.54, 1.807) is 0 Å². The highest BCUT2D eigenvalue weighted by Gasteiger charge is 2.17. The van der Waals surface area contributed by atoms with Crippen LogP contribution in [0.3, 0.4) is 0 Å². The zero-order chi connectivity index (χ0) is 9.80. The monoisotopic (exact) mass is 193 g/mol. The van der Waals surface area contributed by atoms with Gasteiger partial charge >= 0.3 is 0 Å². The number of rotatable bonds is 4. The Hall–Kier alpha value is -0.760. The van der Waals surface area contributed by atoms with Gasteiger partial charge < -0.3 is 10.1 Å². The molecule has 1 heterocycles. The van der Waals surface area contributed by atoms with Gasteiger partial charge in [0.2, 0.25) is 0 Å². The van der Waals surface area contributed by atoms with Gasteiger partial charge in [-0.05, 0) is 30.4 Å². The molecule has 0 bridgehead atoms. The summed E-state index contributed by atoms with van der Waals surface area (Å²) in [4.78, 5) is 2.98. The third kappa shape index (κ3) is 2.38. The predicted molar refractivity (Wildman–Crippen MR) is 56.9 cm³/mol. The molecule has 0 aromatic carbocycles. The minimum atomic E-state index is -0.262. The third-order valence-corrected chi connectivity index (χ3v) is 3.33. The van der Waals surface area contributed by atoms with Gasteiger partial charge in [-0.25, -0.2) is 0 Å². The molecule has 1 aromatic rings. The quantitative estimate of drug-likeness (QED) is 0.757. The summed E-state index contributed by atoms with van der Waals surface area (Å²) in [5, 5.41) is 9.85. The minimum Gasteiger partial charge on any atom is -0.388 e. The van der Waals surface area contributed by atoms with Crippen LogP contribution >= 0.6 is 0 Å².